The van der Waals surface area contributed by atoms with E-state index in [1.54, 1.807) is 0 Å². The van der Waals surface area contributed by atoms with Crippen LogP contribution in [-0.2, 0) is 11.3 Å². The van der Waals surface area contributed by atoms with Crippen molar-refractivity contribution < 1.29 is 9.66 Å². The van der Waals surface area contributed by atoms with E-state index in [-0.39, 0.29) is 17.8 Å². The Hall–Kier alpha value is -2.03. The molecule has 2 aromatic rings. The maximum absolute atomic E-state index is 10.9. The van der Waals surface area contributed by atoms with Crippen LogP contribution in [0.15, 0.2) is 47.1 Å². The average molecular weight is 419 g/mol. The van der Waals surface area contributed by atoms with E-state index in [1.165, 1.54) is 17.8 Å². The third-order valence-electron chi connectivity index (χ3n) is 4.96. The van der Waals surface area contributed by atoms with Crippen LogP contribution < -0.4 is 4.90 Å². The van der Waals surface area contributed by atoms with Gasteiger partial charge in [-0.15, -0.1) is 0 Å². The van der Waals surface area contributed by atoms with Crippen molar-refractivity contribution in [3.05, 3.63) is 62.7 Å². The van der Waals surface area contributed by atoms with E-state index in [0.717, 1.165) is 38.6 Å². The molecule has 8 heteroatoms. The van der Waals surface area contributed by atoms with E-state index in [4.69, 9.17) is 4.74 Å². The highest BCUT2D eigenvalue weighted by Gasteiger charge is 2.41. The number of nitrogens with zero attached hydrogens (tertiary/aromatic N) is 4. The Morgan fingerprint density at radius 2 is 2.12 bits per heavy atom. The van der Waals surface area contributed by atoms with Crippen molar-refractivity contribution in [2.24, 2.45) is 0 Å². The van der Waals surface area contributed by atoms with Crippen LogP contribution in [0.5, 0.6) is 0 Å². The number of benzene rings is 1. The van der Waals surface area contributed by atoms with E-state index in [2.05, 4.69) is 55.0 Å². The summed E-state index contributed by atoms with van der Waals surface area (Å²) >= 11 is 3.43. The topological polar surface area (TPSA) is 71.7 Å². The summed E-state index contributed by atoms with van der Waals surface area (Å²) in [6.45, 7) is 4.05. The second-order valence-corrected chi connectivity index (χ2v) is 7.45. The van der Waals surface area contributed by atoms with Gasteiger partial charge in [0, 0.05) is 32.2 Å². The molecule has 2 unspecified atom stereocenters. The zero-order valence-corrected chi connectivity index (χ0v) is 15.7. The number of hydrogen-bond donors (Lipinski definition) is 0. The van der Waals surface area contributed by atoms with Crippen molar-refractivity contribution in [3.63, 3.8) is 0 Å². The first kappa shape index (κ1) is 17.4. The summed E-state index contributed by atoms with van der Waals surface area (Å²) in [6.07, 6.45) is 1.43. The van der Waals surface area contributed by atoms with Gasteiger partial charge in [-0.1, -0.05) is 30.3 Å². The lowest BCUT2D eigenvalue weighted by Gasteiger charge is -2.36. The van der Waals surface area contributed by atoms with Crippen LogP contribution in [-0.4, -0.2) is 53.2 Å². The molecule has 7 nitrogen and oxygen atoms in total. The minimum Gasteiger partial charge on any atom is -0.373 e. The molecule has 2 aliphatic rings. The summed E-state index contributed by atoms with van der Waals surface area (Å²) in [5.74, 6) is 0.730. The lowest BCUT2D eigenvalue weighted by Crippen LogP contribution is -2.50. The van der Waals surface area contributed by atoms with Crippen LogP contribution in [0.3, 0.4) is 0 Å². The molecule has 2 aliphatic heterocycles. The first-order valence-electron chi connectivity index (χ1n) is 8.56. The minimum atomic E-state index is -0.435. The predicted molar refractivity (Wildman–Crippen MR) is 101 cm³/mol. The summed E-state index contributed by atoms with van der Waals surface area (Å²) in [5.41, 5.74) is 1.28. The number of halogens is 1. The number of anilines is 1. The van der Waals surface area contributed by atoms with Gasteiger partial charge in [-0.25, -0.2) is 4.98 Å². The van der Waals surface area contributed by atoms with Gasteiger partial charge in [0.15, 0.2) is 0 Å². The summed E-state index contributed by atoms with van der Waals surface area (Å²) in [4.78, 5) is 19.4. The van der Waals surface area contributed by atoms with Crippen LogP contribution in [0, 0.1) is 10.1 Å². The summed E-state index contributed by atoms with van der Waals surface area (Å²) in [6, 6.07) is 12.2. The highest BCUT2D eigenvalue weighted by atomic mass is 79.9. The number of rotatable bonds is 4. The standard InChI is InChI=1S/C18H19BrN4O3/c19-15-8-14(23(24)25)9-20-18(15)22-11-16-17(12-22)26-7-6-21(16)10-13-4-2-1-3-5-13/h1-5,8-9,16-17H,6-7,10-12H2. The van der Waals surface area contributed by atoms with E-state index >= 15 is 0 Å². The van der Waals surface area contributed by atoms with Gasteiger partial charge in [-0.05, 0) is 21.5 Å². The molecule has 2 fully saturated rings. The SMILES string of the molecule is O=[N+]([O-])c1cnc(N2CC3OCCN(Cc4ccccc4)C3C2)c(Br)c1. The lowest BCUT2D eigenvalue weighted by atomic mass is 10.1. The van der Waals surface area contributed by atoms with Gasteiger partial charge < -0.3 is 9.64 Å². The van der Waals surface area contributed by atoms with Gasteiger partial charge in [0.05, 0.1) is 28.1 Å². The molecule has 0 radical (unpaired) electrons. The maximum Gasteiger partial charge on any atom is 0.288 e. The third-order valence-corrected chi connectivity index (χ3v) is 5.55. The monoisotopic (exact) mass is 418 g/mol. The normalized spacial score (nSPS) is 23.0. The molecule has 0 amide bonds. The smallest absolute Gasteiger partial charge is 0.288 e. The number of nitro groups is 1. The Morgan fingerprint density at radius 1 is 1.31 bits per heavy atom. The molecule has 136 valence electrons. The molecule has 2 atom stereocenters. The molecule has 26 heavy (non-hydrogen) atoms. The molecule has 0 N–H and O–H groups in total. The molecule has 0 bridgehead atoms. The van der Waals surface area contributed by atoms with E-state index in [0.29, 0.717) is 4.47 Å². The van der Waals surface area contributed by atoms with Crippen LogP contribution in [0.1, 0.15) is 5.56 Å². The Bertz CT molecular complexity index is 804. The van der Waals surface area contributed by atoms with Gasteiger partial charge in [0.2, 0.25) is 0 Å². The Morgan fingerprint density at radius 3 is 2.85 bits per heavy atom. The molecule has 0 saturated carbocycles. The molecule has 4 rings (SSSR count). The average Bonchev–Trinajstić information content (AvgIpc) is 3.07. The molecule has 2 saturated heterocycles. The largest absolute Gasteiger partial charge is 0.373 e. The fraction of sp³-hybridized carbons (Fsp3) is 0.389. The van der Waals surface area contributed by atoms with Crippen LogP contribution in [0.4, 0.5) is 11.5 Å². The third kappa shape index (κ3) is 3.44. The summed E-state index contributed by atoms with van der Waals surface area (Å²) < 4.78 is 6.63. The van der Waals surface area contributed by atoms with Gasteiger partial charge >= 0.3 is 0 Å². The number of hydrogen-bond acceptors (Lipinski definition) is 6. The highest BCUT2D eigenvalue weighted by Crippen LogP contribution is 2.33. The summed E-state index contributed by atoms with van der Waals surface area (Å²) in [7, 11) is 0. The van der Waals surface area contributed by atoms with Gasteiger partial charge in [-0.2, -0.15) is 0 Å². The van der Waals surface area contributed by atoms with Crippen LogP contribution >= 0.6 is 15.9 Å². The molecule has 1 aromatic carbocycles. The molecule has 0 spiro atoms. The van der Waals surface area contributed by atoms with Crippen molar-refractivity contribution in [3.8, 4) is 0 Å². The number of morpholine rings is 1. The quantitative estimate of drug-likeness (QED) is 0.561. The molecule has 0 aliphatic carbocycles. The van der Waals surface area contributed by atoms with E-state index < -0.39 is 4.92 Å². The fourth-order valence-corrected chi connectivity index (χ4v) is 4.29. The first-order chi connectivity index (χ1) is 12.6. The zero-order chi connectivity index (χ0) is 18.1. The molecular weight excluding hydrogens is 400 g/mol. The lowest BCUT2D eigenvalue weighted by molar-refractivity contribution is -0.385. The van der Waals surface area contributed by atoms with Crippen molar-refractivity contribution in [1.82, 2.24) is 9.88 Å². The van der Waals surface area contributed by atoms with Crippen molar-refractivity contribution in [1.29, 1.82) is 0 Å². The van der Waals surface area contributed by atoms with Crippen molar-refractivity contribution >= 4 is 27.4 Å². The number of fused-ring (bicyclic) bond motifs is 1. The molecule has 3 heterocycles. The number of pyridine rings is 1. The fourth-order valence-electron chi connectivity index (χ4n) is 3.70. The van der Waals surface area contributed by atoms with E-state index in [9.17, 15) is 10.1 Å². The molecule has 1 aromatic heterocycles. The van der Waals surface area contributed by atoms with Gasteiger partial charge in [-0.3, -0.25) is 15.0 Å². The highest BCUT2D eigenvalue weighted by molar-refractivity contribution is 9.10. The van der Waals surface area contributed by atoms with E-state index in [1.807, 2.05) is 6.07 Å². The zero-order valence-electron chi connectivity index (χ0n) is 14.1. The summed E-state index contributed by atoms with van der Waals surface area (Å²) in [5, 5.41) is 10.9. The molecular formula is C18H19BrN4O3. The van der Waals surface area contributed by atoms with Gasteiger partial charge in [0.25, 0.3) is 5.69 Å². The van der Waals surface area contributed by atoms with Crippen LogP contribution in [0.25, 0.3) is 0 Å². The van der Waals surface area contributed by atoms with Gasteiger partial charge in [0.1, 0.15) is 12.0 Å². The maximum atomic E-state index is 10.9. The minimum absolute atomic E-state index is 0.0146. The Labute approximate surface area is 159 Å². The Kier molecular flexibility index (Phi) is 4.88. The Balaban J connectivity index is 1.51. The van der Waals surface area contributed by atoms with Crippen molar-refractivity contribution in [2.45, 2.75) is 18.7 Å². The second kappa shape index (κ2) is 7.30. The van der Waals surface area contributed by atoms with Crippen LogP contribution in [0.2, 0.25) is 0 Å². The number of aromatic nitrogens is 1. The first-order valence-corrected chi connectivity index (χ1v) is 9.35. The number of ether oxygens (including phenoxy) is 1. The second-order valence-electron chi connectivity index (χ2n) is 6.59. The van der Waals surface area contributed by atoms with Crippen molar-refractivity contribution in [2.75, 3.05) is 31.1 Å². The predicted octanol–water partition coefficient (Wildman–Crippen LogP) is 2.84.